The van der Waals surface area contributed by atoms with E-state index in [-0.39, 0.29) is 16.0 Å². The standard InChI is InChI=1S/C19H23N3O5S/c1-6-15-18(27-7-2)13-9-8-12(10-14(13)22(5)28(15,25)26)17(23)16-11(3)20-21(4)19(16)24/h8-10,20H,6-7H2,1-5H3. The van der Waals surface area contributed by atoms with Crippen molar-refractivity contribution in [1.29, 1.82) is 0 Å². The van der Waals surface area contributed by atoms with Crippen LogP contribution >= 0.6 is 0 Å². The van der Waals surface area contributed by atoms with Crippen molar-refractivity contribution in [3.63, 3.8) is 0 Å². The minimum atomic E-state index is -3.75. The Morgan fingerprint density at radius 3 is 2.43 bits per heavy atom. The Bertz CT molecular complexity index is 1150. The lowest BCUT2D eigenvalue weighted by Crippen LogP contribution is -2.33. The van der Waals surface area contributed by atoms with Gasteiger partial charge in [0.05, 0.1) is 12.3 Å². The molecule has 9 heteroatoms. The zero-order valence-electron chi connectivity index (χ0n) is 16.5. The molecule has 150 valence electrons. The molecule has 0 fully saturated rings. The number of ketones is 1. The highest BCUT2D eigenvalue weighted by Gasteiger charge is 2.35. The smallest absolute Gasteiger partial charge is 0.277 e. The van der Waals surface area contributed by atoms with Gasteiger partial charge in [-0.05, 0) is 32.4 Å². The molecule has 3 rings (SSSR count). The molecule has 0 aliphatic carbocycles. The van der Waals surface area contributed by atoms with Crippen LogP contribution in [0.5, 0.6) is 0 Å². The van der Waals surface area contributed by atoms with Crippen LogP contribution in [-0.2, 0) is 21.8 Å². The number of aromatic nitrogens is 2. The van der Waals surface area contributed by atoms with Crippen molar-refractivity contribution in [1.82, 2.24) is 9.78 Å². The monoisotopic (exact) mass is 405 g/mol. The highest BCUT2D eigenvalue weighted by atomic mass is 32.2. The second-order valence-electron chi connectivity index (χ2n) is 6.55. The largest absolute Gasteiger partial charge is 0.492 e. The molecule has 1 N–H and O–H groups in total. The SMILES string of the molecule is CCOC1=C(CC)S(=O)(=O)N(C)c2cc(C(=O)c3c(C)[nH]n(C)c3=O)ccc21. The quantitative estimate of drug-likeness (QED) is 0.768. The van der Waals surface area contributed by atoms with Crippen LogP contribution in [0.25, 0.3) is 5.76 Å². The first-order valence-corrected chi connectivity index (χ1v) is 10.4. The summed E-state index contributed by atoms with van der Waals surface area (Å²) < 4.78 is 33.8. The minimum absolute atomic E-state index is 0.0404. The van der Waals surface area contributed by atoms with E-state index in [1.165, 1.54) is 24.8 Å². The Morgan fingerprint density at radius 2 is 1.89 bits per heavy atom. The number of nitrogens with zero attached hydrogens (tertiary/aromatic N) is 2. The van der Waals surface area contributed by atoms with Crippen LogP contribution in [0.15, 0.2) is 27.9 Å². The molecule has 0 amide bonds. The van der Waals surface area contributed by atoms with Gasteiger partial charge in [0, 0.05) is 30.9 Å². The molecule has 0 unspecified atom stereocenters. The summed E-state index contributed by atoms with van der Waals surface area (Å²) in [6.07, 6.45) is 0.292. The molecular formula is C19H23N3O5S. The molecule has 1 aliphatic heterocycles. The van der Waals surface area contributed by atoms with Crippen LogP contribution in [0, 0.1) is 6.92 Å². The van der Waals surface area contributed by atoms with Gasteiger partial charge in [0.25, 0.3) is 15.6 Å². The molecule has 1 aliphatic rings. The highest BCUT2D eigenvalue weighted by molar-refractivity contribution is 7.96. The predicted octanol–water partition coefficient (Wildman–Crippen LogP) is 2.15. The molecule has 0 radical (unpaired) electrons. The van der Waals surface area contributed by atoms with Gasteiger partial charge in [0.2, 0.25) is 5.78 Å². The van der Waals surface area contributed by atoms with E-state index in [1.807, 2.05) is 0 Å². The molecule has 1 aromatic heterocycles. The molecule has 0 bridgehead atoms. The van der Waals surface area contributed by atoms with Crippen LogP contribution in [0.2, 0.25) is 0 Å². The number of rotatable bonds is 5. The van der Waals surface area contributed by atoms with Gasteiger partial charge in [-0.25, -0.2) is 8.42 Å². The van der Waals surface area contributed by atoms with Crippen LogP contribution in [0.4, 0.5) is 5.69 Å². The summed E-state index contributed by atoms with van der Waals surface area (Å²) in [4.78, 5) is 25.4. The van der Waals surface area contributed by atoms with Crippen LogP contribution < -0.4 is 9.86 Å². The summed E-state index contributed by atoms with van der Waals surface area (Å²) in [5, 5.41) is 2.80. The second kappa shape index (κ2) is 6.97. The van der Waals surface area contributed by atoms with Gasteiger partial charge in [-0.15, -0.1) is 0 Å². The first kappa shape index (κ1) is 19.9. The van der Waals surface area contributed by atoms with Crippen LogP contribution in [0.1, 0.15) is 47.4 Å². The average molecular weight is 405 g/mol. The number of ether oxygens (including phenoxy) is 1. The summed E-state index contributed by atoms with van der Waals surface area (Å²) in [6, 6.07) is 4.75. The number of carbonyl (C=O) groups is 1. The summed E-state index contributed by atoms with van der Waals surface area (Å²) in [7, 11) is -0.773. The number of H-pyrrole nitrogens is 1. The first-order valence-electron chi connectivity index (χ1n) is 8.94. The van der Waals surface area contributed by atoms with Crippen molar-refractivity contribution in [3.8, 4) is 0 Å². The zero-order chi connectivity index (χ0) is 20.8. The number of benzene rings is 1. The lowest BCUT2D eigenvalue weighted by atomic mass is 10.00. The van der Waals surface area contributed by atoms with E-state index in [0.717, 1.165) is 4.31 Å². The number of allylic oxidation sites excluding steroid dienone is 1. The fourth-order valence-corrected chi connectivity index (χ4v) is 4.94. The Balaban J connectivity index is 2.21. The number of carbonyl (C=O) groups excluding carboxylic acids is 1. The lowest BCUT2D eigenvalue weighted by molar-refractivity contribution is 0.103. The number of nitrogens with one attached hydrogen (secondary N) is 1. The number of fused-ring (bicyclic) bond motifs is 1. The minimum Gasteiger partial charge on any atom is -0.492 e. The maximum Gasteiger partial charge on any atom is 0.277 e. The summed E-state index contributed by atoms with van der Waals surface area (Å²) in [5.41, 5.74) is 1.25. The van der Waals surface area contributed by atoms with Crippen molar-refractivity contribution in [2.45, 2.75) is 27.2 Å². The number of hydrogen-bond acceptors (Lipinski definition) is 5. The Hall–Kier alpha value is -2.81. The molecule has 0 spiro atoms. The van der Waals surface area contributed by atoms with E-state index in [1.54, 1.807) is 32.9 Å². The molecule has 2 aromatic rings. The third kappa shape index (κ3) is 2.86. The molecule has 2 heterocycles. The van der Waals surface area contributed by atoms with Gasteiger partial charge in [-0.2, -0.15) is 0 Å². The number of aryl methyl sites for hydroxylation is 2. The van der Waals surface area contributed by atoms with Gasteiger partial charge >= 0.3 is 0 Å². The Morgan fingerprint density at radius 1 is 1.21 bits per heavy atom. The van der Waals surface area contributed by atoms with Crippen molar-refractivity contribution in [2.75, 3.05) is 18.0 Å². The van der Waals surface area contributed by atoms with Gasteiger partial charge in [-0.1, -0.05) is 13.0 Å². The molecule has 8 nitrogen and oxygen atoms in total. The molecular weight excluding hydrogens is 382 g/mol. The van der Waals surface area contributed by atoms with Crippen molar-refractivity contribution in [2.24, 2.45) is 7.05 Å². The van der Waals surface area contributed by atoms with Gasteiger partial charge < -0.3 is 4.74 Å². The Labute approximate surface area is 163 Å². The Kier molecular flexibility index (Phi) is 4.97. The van der Waals surface area contributed by atoms with Crippen molar-refractivity contribution >= 4 is 27.3 Å². The number of sulfonamides is 1. The van der Waals surface area contributed by atoms with E-state index in [0.29, 0.717) is 35.7 Å². The lowest BCUT2D eigenvalue weighted by Gasteiger charge is -2.30. The van der Waals surface area contributed by atoms with Crippen molar-refractivity contribution < 1.29 is 17.9 Å². The first-order chi connectivity index (χ1) is 13.1. The predicted molar refractivity (Wildman–Crippen MR) is 107 cm³/mol. The molecule has 0 saturated heterocycles. The number of aromatic amines is 1. The maximum absolute atomic E-state index is 12.9. The van der Waals surface area contributed by atoms with E-state index in [4.69, 9.17) is 4.74 Å². The third-order valence-electron chi connectivity index (χ3n) is 4.83. The molecule has 1 aromatic carbocycles. The van der Waals surface area contributed by atoms with E-state index >= 15 is 0 Å². The maximum atomic E-state index is 12.9. The van der Waals surface area contributed by atoms with E-state index < -0.39 is 21.4 Å². The fourth-order valence-electron chi connectivity index (χ4n) is 3.43. The normalized spacial score (nSPS) is 15.5. The van der Waals surface area contributed by atoms with Gasteiger partial charge in [0.1, 0.15) is 16.2 Å². The molecule has 0 atom stereocenters. The summed E-state index contributed by atoms with van der Waals surface area (Å²) >= 11 is 0. The summed E-state index contributed by atoms with van der Waals surface area (Å²) in [6.45, 7) is 5.50. The van der Waals surface area contributed by atoms with Gasteiger partial charge in [-0.3, -0.25) is 23.7 Å². The van der Waals surface area contributed by atoms with E-state index in [2.05, 4.69) is 5.10 Å². The highest BCUT2D eigenvalue weighted by Crippen LogP contribution is 2.41. The van der Waals surface area contributed by atoms with E-state index in [9.17, 15) is 18.0 Å². The van der Waals surface area contributed by atoms with Gasteiger partial charge in [0.15, 0.2) is 0 Å². The van der Waals surface area contributed by atoms with Crippen molar-refractivity contribution in [3.05, 3.63) is 55.8 Å². The average Bonchev–Trinajstić information content (AvgIpc) is 2.90. The zero-order valence-corrected chi connectivity index (χ0v) is 17.3. The molecule has 28 heavy (non-hydrogen) atoms. The molecule has 0 saturated carbocycles. The third-order valence-corrected chi connectivity index (χ3v) is 6.85. The topological polar surface area (TPSA) is 101 Å². The van der Waals surface area contributed by atoms with Crippen LogP contribution in [0.3, 0.4) is 0 Å². The summed E-state index contributed by atoms with van der Waals surface area (Å²) in [5.74, 6) is -0.151. The van der Waals surface area contributed by atoms with Crippen LogP contribution in [-0.4, -0.2) is 37.6 Å². The second-order valence-corrected chi connectivity index (χ2v) is 8.54. The number of anilines is 1. The fraction of sp³-hybridized carbons (Fsp3) is 0.368. The number of hydrogen-bond donors (Lipinski definition) is 1.